The Balaban J connectivity index is 1.50. The second kappa shape index (κ2) is 12.1. The lowest BCUT2D eigenvalue weighted by Crippen LogP contribution is -2.53. The molecule has 1 aliphatic carbocycles. The first-order valence-corrected chi connectivity index (χ1v) is 14.2. The van der Waals surface area contributed by atoms with Crippen molar-refractivity contribution in [2.75, 3.05) is 5.32 Å². The maximum atomic E-state index is 14.0. The number of likely N-dealkylation sites (tertiary alicyclic amines) is 1. The van der Waals surface area contributed by atoms with Gasteiger partial charge >= 0.3 is 0 Å². The van der Waals surface area contributed by atoms with E-state index in [0.29, 0.717) is 18.5 Å². The Kier molecular flexibility index (Phi) is 8.35. The van der Waals surface area contributed by atoms with Gasteiger partial charge in [-0.25, -0.2) is 9.97 Å². The van der Waals surface area contributed by atoms with Crippen molar-refractivity contribution >= 4 is 51.2 Å². The van der Waals surface area contributed by atoms with Gasteiger partial charge in [-0.15, -0.1) is 0 Å². The van der Waals surface area contributed by atoms with Gasteiger partial charge in [0.05, 0.1) is 17.5 Å². The minimum Gasteiger partial charge on any atom is -0.325 e. The van der Waals surface area contributed by atoms with Gasteiger partial charge in [0.1, 0.15) is 6.04 Å². The van der Waals surface area contributed by atoms with Crippen molar-refractivity contribution in [3.8, 4) is 0 Å². The molecule has 3 amide bonds. The summed E-state index contributed by atoms with van der Waals surface area (Å²) >= 11 is 3.52. The minimum atomic E-state index is -1.04. The number of imide groups is 1. The van der Waals surface area contributed by atoms with Crippen LogP contribution in [0.15, 0.2) is 70.1 Å². The van der Waals surface area contributed by atoms with Crippen molar-refractivity contribution in [1.29, 1.82) is 0 Å². The number of nitrogens with one attached hydrogen (secondary N) is 2. The Hall–Kier alpha value is -3.92. The molecular formula is C30H31BrN6O3. The van der Waals surface area contributed by atoms with Crippen LogP contribution in [-0.2, 0) is 20.8 Å². The predicted octanol–water partition coefficient (Wildman–Crippen LogP) is 4.86. The summed E-state index contributed by atoms with van der Waals surface area (Å²) in [5.74, 6) is -1.51. The van der Waals surface area contributed by atoms with E-state index in [2.05, 4.69) is 41.5 Å². The Morgan fingerprint density at radius 3 is 2.20 bits per heavy atom. The third kappa shape index (κ3) is 6.12. The maximum absolute atomic E-state index is 14.0. The van der Waals surface area contributed by atoms with Gasteiger partial charge < -0.3 is 5.32 Å². The number of guanidine groups is 1. The highest BCUT2D eigenvalue weighted by molar-refractivity contribution is 9.10. The highest BCUT2D eigenvalue weighted by atomic mass is 79.9. The summed E-state index contributed by atoms with van der Waals surface area (Å²) in [4.78, 5) is 55.6. The van der Waals surface area contributed by atoms with Crippen molar-refractivity contribution in [2.45, 2.75) is 52.0 Å². The molecular weight excluding hydrogens is 572 g/mol. The van der Waals surface area contributed by atoms with Crippen molar-refractivity contribution < 1.29 is 14.4 Å². The molecule has 3 aromatic rings. The van der Waals surface area contributed by atoms with Gasteiger partial charge in [0.15, 0.2) is 0 Å². The smallest absolute Gasteiger partial charge is 0.253 e. The Morgan fingerprint density at radius 2 is 1.57 bits per heavy atom. The number of aryl methyl sites for hydroxylation is 2. The molecule has 1 aliphatic heterocycles. The number of amides is 3. The number of carbonyl (C=O) groups excluding carboxylic acids is 3. The second-order valence-corrected chi connectivity index (χ2v) is 11.1. The molecule has 40 heavy (non-hydrogen) atoms. The van der Waals surface area contributed by atoms with Crippen LogP contribution in [0.25, 0.3) is 0 Å². The van der Waals surface area contributed by atoms with Gasteiger partial charge in [-0.05, 0) is 66.4 Å². The number of hydrogen-bond donors (Lipinski definition) is 2. The average Bonchev–Trinajstić information content (AvgIpc) is 3.18. The van der Waals surface area contributed by atoms with Crippen LogP contribution in [0.5, 0.6) is 0 Å². The Labute approximate surface area is 241 Å². The van der Waals surface area contributed by atoms with Crippen molar-refractivity contribution in [3.63, 3.8) is 0 Å². The van der Waals surface area contributed by atoms with Crippen LogP contribution in [0.1, 0.15) is 42.6 Å². The maximum Gasteiger partial charge on any atom is 0.253 e. The van der Waals surface area contributed by atoms with E-state index < -0.39 is 11.9 Å². The molecule has 0 bridgehead atoms. The molecule has 3 atom stereocenters. The van der Waals surface area contributed by atoms with Gasteiger partial charge in [0, 0.05) is 22.3 Å². The predicted molar refractivity (Wildman–Crippen MR) is 156 cm³/mol. The topological polar surface area (TPSA) is 117 Å². The van der Waals surface area contributed by atoms with Crippen LogP contribution < -0.4 is 10.6 Å². The zero-order chi connectivity index (χ0) is 28.2. The third-order valence-electron chi connectivity index (χ3n) is 7.31. The minimum absolute atomic E-state index is 0.0801. The number of aromatic nitrogens is 2. The number of aliphatic imine (C=N–C) groups is 1. The van der Waals surface area contributed by atoms with Crippen molar-refractivity contribution in [3.05, 3.63) is 82.1 Å². The van der Waals surface area contributed by atoms with Crippen LogP contribution in [0.3, 0.4) is 0 Å². The van der Waals surface area contributed by atoms with E-state index in [1.165, 1.54) is 4.90 Å². The van der Waals surface area contributed by atoms with Gasteiger partial charge in [-0.1, -0.05) is 55.3 Å². The first-order chi connectivity index (χ1) is 19.3. The van der Waals surface area contributed by atoms with E-state index in [1.807, 2.05) is 74.5 Å². The molecule has 1 saturated carbocycles. The fourth-order valence-electron chi connectivity index (χ4n) is 5.47. The van der Waals surface area contributed by atoms with E-state index >= 15 is 0 Å². The molecule has 10 heteroatoms. The Morgan fingerprint density at radius 1 is 0.975 bits per heavy atom. The fourth-order valence-corrected chi connectivity index (χ4v) is 5.85. The quantitative estimate of drug-likeness (QED) is 0.236. The number of nitrogens with zero attached hydrogens (tertiary/aromatic N) is 4. The van der Waals surface area contributed by atoms with Crippen LogP contribution in [0.2, 0.25) is 0 Å². The van der Waals surface area contributed by atoms with Gasteiger partial charge in [0.2, 0.25) is 23.7 Å². The van der Waals surface area contributed by atoms with E-state index in [9.17, 15) is 14.4 Å². The summed E-state index contributed by atoms with van der Waals surface area (Å²) in [6.07, 6.45) is 3.35. The van der Waals surface area contributed by atoms with E-state index in [0.717, 1.165) is 34.3 Å². The number of benzene rings is 2. The number of rotatable bonds is 6. The highest BCUT2D eigenvalue weighted by Gasteiger charge is 2.51. The van der Waals surface area contributed by atoms with E-state index in [-0.39, 0.29) is 42.0 Å². The largest absolute Gasteiger partial charge is 0.325 e. The number of para-hydroxylation sites is 1. The zero-order valence-electron chi connectivity index (χ0n) is 22.4. The number of carbonyl (C=O) groups is 3. The third-order valence-corrected chi connectivity index (χ3v) is 8.00. The van der Waals surface area contributed by atoms with Gasteiger partial charge in [-0.3, -0.25) is 24.6 Å². The van der Waals surface area contributed by atoms with Crippen molar-refractivity contribution in [2.24, 2.45) is 16.8 Å². The standard InChI is InChI=1S/C30H31BrN6O3/c1-18-16-19(2)33-29(32-18)36-30(34-24-15-9-8-14-23(24)31)35-26(38)25(17-20-10-4-3-5-11-20)37-27(39)21-12-6-7-13-22(21)28(37)40/h3-5,8-11,14-16,21-22,25H,6-7,12-13,17H2,1-2H3,(H2,32,33,34,35,36,38)/t21-,22-,25-/m0/s1. The number of anilines is 1. The second-order valence-electron chi connectivity index (χ2n) is 10.3. The number of hydrogen-bond acceptors (Lipinski definition) is 6. The van der Waals surface area contributed by atoms with E-state index in [1.54, 1.807) is 0 Å². The zero-order valence-corrected chi connectivity index (χ0v) is 24.0. The average molecular weight is 604 g/mol. The molecule has 2 N–H and O–H groups in total. The summed E-state index contributed by atoms with van der Waals surface area (Å²) in [5.41, 5.74) is 2.96. The summed E-state index contributed by atoms with van der Waals surface area (Å²) in [6, 6.07) is 17.6. The Bertz CT molecular complexity index is 1420. The van der Waals surface area contributed by atoms with Gasteiger partial charge in [-0.2, -0.15) is 4.99 Å². The van der Waals surface area contributed by atoms with Crippen LogP contribution >= 0.6 is 15.9 Å². The van der Waals surface area contributed by atoms with E-state index in [4.69, 9.17) is 0 Å². The molecule has 2 aliphatic rings. The fraction of sp³-hybridized carbons (Fsp3) is 0.333. The molecule has 1 aromatic heterocycles. The SMILES string of the molecule is Cc1cc(C)nc(N=C(NC(=O)[C@H](Cc2ccccc2)N2C(=O)[C@H]3CCCC[C@@H]3C2=O)Nc2ccccc2Br)n1. The molecule has 9 nitrogen and oxygen atoms in total. The molecule has 1 saturated heterocycles. The summed E-state index contributed by atoms with van der Waals surface area (Å²) in [5, 5.41) is 6.00. The van der Waals surface area contributed by atoms with Crippen molar-refractivity contribution in [1.82, 2.24) is 20.2 Å². The van der Waals surface area contributed by atoms with Crippen LogP contribution in [-0.4, -0.2) is 44.6 Å². The van der Waals surface area contributed by atoms with Gasteiger partial charge in [0.25, 0.3) is 5.95 Å². The van der Waals surface area contributed by atoms with Crippen LogP contribution in [0.4, 0.5) is 11.6 Å². The summed E-state index contributed by atoms with van der Waals surface area (Å²) in [6.45, 7) is 3.68. The molecule has 2 fully saturated rings. The lowest BCUT2D eigenvalue weighted by molar-refractivity contribution is -0.147. The summed E-state index contributed by atoms with van der Waals surface area (Å²) in [7, 11) is 0. The lowest BCUT2D eigenvalue weighted by Gasteiger charge is -2.26. The number of halogens is 1. The first kappa shape index (κ1) is 27.6. The molecule has 0 unspecified atom stereocenters. The number of fused-ring (bicyclic) bond motifs is 1. The first-order valence-electron chi connectivity index (χ1n) is 13.4. The molecule has 2 aromatic carbocycles. The summed E-state index contributed by atoms with van der Waals surface area (Å²) < 4.78 is 0.757. The van der Waals surface area contributed by atoms with Crippen LogP contribution in [0, 0.1) is 25.7 Å². The molecule has 2 heterocycles. The normalized spacial score (nSPS) is 19.8. The monoisotopic (exact) mass is 602 g/mol. The highest BCUT2D eigenvalue weighted by Crippen LogP contribution is 2.39. The molecule has 5 rings (SSSR count). The molecule has 0 spiro atoms. The molecule has 206 valence electrons. The molecule has 0 radical (unpaired) electrons. The lowest BCUT2D eigenvalue weighted by atomic mass is 9.81.